The van der Waals surface area contributed by atoms with Crippen LogP contribution in [-0.4, -0.2) is 92.3 Å². The van der Waals surface area contributed by atoms with Crippen LogP contribution in [0.25, 0.3) is 0 Å². The van der Waals surface area contributed by atoms with Crippen molar-refractivity contribution in [3.8, 4) is 0 Å². The first-order chi connectivity index (χ1) is 23.1. The molecule has 0 aromatic carbocycles. The Morgan fingerprint density at radius 2 is 0.312 bits per heavy atom. The number of alkyl halides is 8. The van der Waals surface area contributed by atoms with E-state index < -0.39 is 0 Å². The van der Waals surface area contributed by atoms with E-state index in [1.165, 1.54) is 0 Å². The highest BCUT2D eigenvalue weighted by Gasteiger charge is 2.61. The molecular formula is C32H48Cl8N8. The average Bonchev–Trinajstić information content (AvgIpc) is 3.80. The summed E-state index contributed by atoms with van der Waals surface area (Å²) < 4.78 is 0. The molecule has 48 heavy (non-hydrogen) atoms. The molecule has 4 saturated carbocycles. The lowest BCUT2D eigenvalue weighted by Crippen LogP contribution is -2.62. The van der Waals surface area contributed by atoms with Crippen LogP contribution in [0, 0.1) is 47.3 Å². The third kappa shape index (κ3) is 5.91. The predicted molar refractivity (Wildman–Crippen MR) is 197 cm³/mol. The van der Waals surface area contributed by atoms with Crippen molar-refractivity contribution >= 4 is 92.8 Å². The van der Waals surface area contributed by atoms with E-state index in [1.54, 1.807) is 0 Å². The summed E-state index contributed by atoms with van der Waals surface area (Å²) in [6, 6.07) is 0. The second-order valence-corrected chi connectivity index (χ2v) is 20.7. The average molecular weight is 828 g/mol. The number of rotatable bonds is 0. The van der Waals surface area contributed by atoms with Crippen LogP contribution in [0.5, 0.6) is 0 Å². The lowest BCUT2D eigenvalue weighted by molar-refractivity contribution is 0.176. The van der Waals surface area contributed by atoms with Gasteiger partial charge in [-0.1, -0.05) is 0 Å². The Bertz CT molecular complexity index is 941. The quantitative estimate of drug-likeness (QED) is 0.171. The van der Waals surface area contributed by atoms with Crippen LogP contribution in [0.3, 0.4) is 0 Å². The Kier molecular flexibility index (Phi) is 10.4. The molecule has 9 fully saturated rings. The van der Waals surface area contributed by atoms with E-state index in [9.17, 15) is 0 Å². The molecule has 8 bridgehead atoms. The molecule has 8 N–H and O–H groups in total. The molecule has 9 aliphatic rings. The van der Waals surface area contributed by atoms with Gasteiger partial charge in [-0.05, 0) is 51.4 Å². The summed E-state index contributed by atoms with van der Waals surface area (Å²) in [5.41, 5.74) is 0. The third-order valence-corrected chi connectivity index (χ3v) is 18.0. The van der Waals surface area contributed by atoms with E-state index in [1.807, 2.05) is 0 Å². The zero-order valence-corrected chi connectivity index (χ0v) is 32.6. The second-order valence-electron chi connectivity index (χ2n) is 16.2. The fourth-order valence-corrected chi connectivity index (χ4v) is 15.4. The summed E-state index contributed by atoms with van der Waals surface area (Å²) in [5.74, 6) is 0.970. The minimum Gasteiger partial charge on any atom is -0.286 e. The van der Waals surface area contributed by atoms with Gasteiger partial charge in [0.15, 0.2) is 0 Å². The maximum atomic E-state index is 7.21. The molecule has 0 radical (unpaired) electrons. The van der Waals surface area contributed by atoms with Crippen LogP contribution < -0.4 is 42.5 Å². The molecular weight excluding hydrogens is 780 g/mol. The van der Waals surface area contributed by atoms with Gasteiger partial charge in [-0.2, -0.15) is 0 Å². The number of nitrogens with one attached hydrogen (secondary N) is 8. The largest absolute Gasteiger partial charge is 0.286 e. The third-order valence-electron chi connectivity index (χ3n) is 13.9. The molecule has 16 atom stereocenters. The zero-order chi connectivity index (χ0) is 33.2. The summed E-state index contributed by atoms with van der Waals surface area (Å²) >= 11 is 57.7. The summed E-state index contributed by atoms with van der Waals surface area (Å²) in [6.45, 7) is 0. The van der Waals surface area contributed by atoms with Crippen LogP contribution >= 0.6 is 92.8 Å². The van der Waals surface area contributed by atoms with Crippen LogP contribution in [0.1, 0.15) is 51.4 Å². The van der Waals surface area contributed by atoms with E-state index in [0.717, 1.165) is 51.4 Å². The Morgan fingerprint density at radius 3 is 0.417 bits per heavy atom. The van der Waals surface area contributed by atoms with Crippen LogP contribution in [0.4, 0.5) is 0 Å². The Labute approximate surface area is 324 Å². The molecule has 16 heteroatoms. The van der Waals surface area contributed by atoms with Crippen LogP contribution in [-0.2, 0) is 0 Å². The van der Waals surface area contributed by atoms with E-state index in [-0.39, 0.29) is 140 Å². The van der Waals surface area contributed by atoms with Gasteiger partial charge in [0.2, 0.25) is 0 Å². The minimum absolute atomic E-state index is 0.0114. The molecule has 0 amide bonds. The first-order valence-corrected chi connectivity index (χ1v) is 21.8. The fourth-order valence-electron chi connectivity index (χ4n) is 11.9. The summed E-state index contributed by atoms with van der Waals surface area (Å²) in [5, 5.41) is 31.8. The summed E-state index contributed by atoms with van der Waals surface area (Å²) in [7, 11) is 0. The van der Waals surface area contributed by atoms with Crippen molar-refractivity contribution in [1.82, 2.24) is 42.5 Å². The van der Waals surface area contributed by atoms with Crippen molar-refractivity contribution in [2.45, 2.75) is 144 Å². The maximum absolute atomic E-state index is 7.21. The van der Waals surface area contributed by atoms with Crippen LogP contribution in [0.2, 0.25) is 0 Å². The van der Waals surface area contributed by atoms with Gasteiger partial charge in [-0.15, -0.1) is 92.8 Å². The van der Waals surface area contributed by atoms with Crippen molar-refractivity contribution in [3.05, 3.63) is 0 Å². The Hall–Kier alpha value is 2.00. The van der Waals surface area contributed by atoms with Gasteiger partial charge in [-0.25, -0.2) is 0 Å². The molecule has 0 spiro atoms. The molecule has 5 heterocycles. The van der Waals surface area contributed by atoms with E-state index >= 15 is 0 Å². The molecule has 272 valence electrons. The maximum Gasteiger partial charge on any atom is 0.0643 e. The highest BCUT2D eigenvalue weighted by molar-refractivity contribution is 6.24. The minimum atomic E-state index is -0.0769. The van der Waals surface area contributed by atoms with Gasteiger partial charge < -0.3 is 0 Å². The molecule has 8 nitrogen and oxygen atoms in total. The smallest absolute Gasteiger partial charge is 0.0643 e. The number of hydrogen-bond donors (Lipinski definition) is 8. The predicted octanol–water partition coefficient (Wildman–Crippen LogP) is 4.34. The number of halogens is 8. The van der Waals surface area contributed by atoms with Crippen molar-refractivity contribution in [3.63, 3.8) is 0 Å². The SMILES string of the molecule is ClC1CCC(Cl)C2C3NC(NC4NC(NC5NC(NC6NC(N3)C3C(Cl)CCC(Cl)C63)C3C(Cl)CCC(Cl)C53)C3C(Cl)CCC(Cl)C43)C12. The van der Waals surface area contributed by atoms with E-state index in [0.29, 0.717) is 0 Å². The molecule has 4 aliphatic carbocycles. The van der Waals surface area contributed by atoms with Gasteiger partial charge in [0.05, 0.1) is 49.3 Å². The van der Waals surface area contributed by atoms with Gasteiger partial charge in [-0.3, -0.25) is 42.5 Å². The zero-order valence-electron chi connectivity index (χ0n) is 26.5. The molecule has 5 aliphatic heterocycles. The van der Waals surface area contributed by atoms with E-state index in [4.69, 9.17) is 92.8 Å². The second kappa shape index (κ2) is 13.9. The first kappa shape index (κ1) is 35.7. The van der Waals surface area contributed by atoms with Gasteiger partial charge in [0, 0.05) is 90.4 Å². The van der Waals surface area contributed by atoms with Gasteiger partial charge in [0.25, 0.3) is 0 Å². The monoisotopic (exact) mass is 824 g/mol. The van der Waals surface area contributed by atoms with Gasteiger partial charge >= 0.3 is 0 Å². The molecule has 0 aromatic rings. The standard InChI is InChI=1S/C32H48Cl8N8/c33-9-1-2-10(34)18-17(9)25-41-26(18)46-28-21-13(37)5-6-14(38)22(21)30(43-28)48-32-24-16(40)8-7-15(39)23(24)31(44-32)47-29-20-12(36)4-3-11(35)19(20)27(42-29)45-25/h9-32,41-48H,1-8H2. The highest BCUT2D eigenvalue weighted by Crippen LogP contribution is 2.50. The lowest BCUT2D eigenvalue weighted by Gasteiger charge is -2.41. The highest BCUT2D eigenvalue weighted by atomic mass is 35.5. The van der Waals surface area contributed by atoms with Gasteiger partial charge in [0.1, 0.15) is 0 Å². The molecule has 0 aromatic heterocycles. The number of hydrogen-bond acceptors (Lipinski definition) is 8. The summed E-state index contributed by atoms with van der Waals surface area (Å²) in [4.78, 5) is 0. The van der Waals surface area contributed by atoms with Crippen molar-refractivity contribution in [2.24, 2.45) is 47.3 Å². The van der Waals surface area contributed by atoms with Crippen molar-refractivity contribution in [2.75, 3.05) is 0 Å². The fraction of sp³-hybridized carbons (Fsp3) is 1.00. The Morgan fingerprint density at radius 1 is 0.208 bits per heavy atom. The number of fused-ring (bicyclic) bond motifs is 20. The lowest BCUT2D eigenvalue weighted by atomic mass is 9.75. The topological polar surface area (TPSA) is 96.2 Å². The summed E-state index contributed by atoms with van der Waals surface area (Å²) in [6.07, 6.45) is 6.45. The van der Waals surface area contributed by atoms with Crippen molar-refractivity contribution < 1.29 is 0 Å². The Balaban J connectivity index is 1.12. The van der Waals surface area contributed by atoms with Crippen LogP contribution in [0.15, 0.2) is 0 Å². The van der Waals surface area contributed by atoms with E-state index in [2.05, 4.69) is 42.5 Å². The molecule has 9 rings (SSSR count). The molecule has 5 saturated heterocycles. The first-order valence-electron chi connectivity index (χ1n) is 18.3. The molecule has 16 unspecified atom stereocenters. The normalized spacial score (nSPS) is 62.5. The van der Waals surface area contributed by atoms with Crippen molar-refractivity contribution in [1.29, 1.82) is 0 Å².